The molecule has 0 bridgehead atoms. The number of amides is 1. The van der Waals surface area contributed by atoms with Crippen molar-refractivity contribution in [2.24, 2.45) is 0 Å². The summed E-state index contributed by atoms with van der Waals surface area (Å²) in [7, 11) is 0. The van der Waals surface area contributed by atoms with Crippen LogP contribution in [0.1, 0.15) is 42.6 Å². The van der Waals surface area contributed by atoms with Crippen molar-refractivity contribution in [1.82, 2.24) is 19.9 Å². The molecule has 0 radical (unpaired) electrons. The van der Waals surface area contributed by atoms with Crippen molar-refractivity contribution in [3.8, 4) is 11.4 Å². The minimum atomic E-state index is -4.70. The van der Waals surface area contributed by atoms with Crippen LogP contribution in [0.15, 0.2) is 41.1 Å². The quantitative estimate of drug-likeness (QED) is 0.661. The number of anilines is 1. The molecule has 1 aromatic carbocycles. The lowest BCUT2D eigenvalue weighted by Crippen LogP contribution is -2.44. The van der Waals surface area contributed by atoms with Crippen molar-refractivity contribution < 1.29 is 22.5 Å². The first-order valence-electron chi connectivity index (χ1n) is 8.64. The van der Waals surface area contributed by atoms with Gasteiger partial charge in [0, 0.05) is 23.2 Å². The van der Waals surface area contributed by atoms with Crippen molar-refractivity contribution in [3.63, 3.8) is 0 Å². The number of hydrogen-bond acceptors (Lipinski definition) is 5. The molecule has 2 unspecified atom stereocenters. The summed E-state index contributed by atoms with van der Waals surface area (Å²) >= 11 is 0. The molecule has 3 aromatic rings. The molecule has 0 saturated carbocycles. The molecule has 2 atom stereocenters. The molecule has 1 aliphatic rings. The van der Waals surface area contributed by atoms with Crippen LogP contribution in [0.25, 0.3) is 11.4 Å². The van der Waals surface area contributed by atoms with Crippen LogP contribution in [0.4, 0.5) is 19.0 Å². The van der Waals surface area contributed by atoms with Gasteiger partial charge in [-0.15, -0.1) is 0 Å². The highest BCUT2D eigenvalue weighted by Crippen LogP contribution is 2.33. The summed E-state index contributed by atoms with van der Waals surface area (Å²) in [6.45, 7) is 4.01. The van der Waals surface area contributed by atoms with E-state index in [1.165, 1.54) is 24.3 Å². The average molecular weight is 391 g/mol. The maximum absolute atomic E-state index is 13.0. The molecule has 0 N–H and O–H groups in total. The van der Waals surface area contributed by atoms with E-state index in [0.717, 1.165) is 6.42 Å². The lowest BCUT2D eigenvalue weighted by Gasteiger charge is -2.37. The SMILES string of the molecule is CC1CC(C)n2nccc2N1C(=O)c1ccc(-c2noc(C(F)(F)F)n2)cc1. The van der Waals surface area contributed by atoms with Gasteiger partial charge in [0.05, 0.1) is 12.2 Å². The Hall–Kier alpha value is -3.17. The Morgan fingerprint density at radius 1 is 1.14 bits per heavy atom. The summed E-state index contributed by atoms with van der Waals surface area (Å²) in [6.07, 6.45) is -2.28. The monoisotopic (exact) mass is 391 g/mol. The summed E-state index contributed by atoms with van der Waals surface area (Å²) in [4.78, 5) is 18.1. The van der Waals surface area contributed by atoms with Gasteiger partial charge in [-0.25, -0.2) is 4.68 Å². The molecule has 0 saturated heterocycles. The van der Waals surface area contributed by atoms with Crippen LogP contribution in [0, 0.1) is 0 Å². The molecule has 10 heteroatoms. The number of benzene rings is 1. The van der Waals surface area contributed by atoms with E-state index in [0.29, 0.717) is 16.9 Å². The van der Waals surface area contributed by atoms with Gasteiger partial charge in [-0.2, -0.15) is 23.3 Å². The van der Waals surface area contributed by atoms with Gasteiger partial charge in [-0.1, -0.05) is 17.3 Å². The van der Waals surface area contributed by atoms with Gasteiger partial charge in [0.1, 0.15) is 5.82 Å². The zero-order valence-electron chi connectivity index (χ0n) is 15.0. The van der Waals surface area contributed by atoms with Gasteiger partial charge >= 0.3 is 12.1 Å². The molecular formula is C18H16F3N5O2. The third-order valence-corrected chi connectivity index (χ3v) is 4.71. The number of fused-ring (bicyclic) bond motifs is 1. The summed E-state index contributed by atoms with van der Waals surface area (Å²) < 4.78 is 43.8. The number of carbonyl (C=O) groups is 1. The van der Waals surface area contributed by atoms with Gasteiger partial charge in [0.2, 0.25) is 5.82 Å². The summed E-state index contributed by atoms with van der Waals surface area (Å²) in [5, 5.41) is 7.63. The maximum Gasteiger partial charge on any atom is 0.471 e. The Bertz CT molecular complexity index is 1010. The second kappa shape index (κ2) is 6.47. The fraction of sp³-hybridized carbons (Fsp3) is 0.333. The van der Waals surface area contributed by atoms with Crippen molar-refractivity contribution in [2.45, 2.75) is 38.5 Å². The first-order chi connectivity index (χ1) is 13.3. The van der Waals surface area contributed by atoms with E-state index < -0.39 is 12.1 Å². The second-order valence-electron chi connectivity index (χ2n) is 6.74. The average Bonchev–Trinajstić information content (AvgIpc) is 3.31. The number of alkyl halides is 3. The van der Waals surface area contributed by atoms with Crippen LogP contribution >= 0.6 is 0 Å². The van der Waals surface area contributed by atoms with Gasteiger partial charge in [0.25, 0.3) is 5.91 Å². The topological polar surface area (TPSA) is 77.0 Å². The predicted molar refractivity (Wildman–Crippen MR) is 92.6 cm³/mol. The van der Waals surface area contributed by atoms with Crippen molar-refractivity contribution in [2.75, 3.05) is 4.90 Å². The van der Waals surface area contributed by atoms with E-state index in [1.807, 2.05) is 18.5 Å². The fourth-order valence-corrected chi connectivity index (χ4v) is 3.42. The van der Waals surface area contributed by atoms with Crippen molar-refractivity contribution >= 4 is 11.7 Å². The molecule has 1 aliphatic heterocycles. The minimum absolute atomic E-state index is 0.0158. The zero-order valence-corrected chi connectivity index (χ0v) is 15.0. The molecule has 1 amide bonds. The molecule has 146 valence electrons. The molecule has 2 aromatic heterocycles. The van der Waals surface area contributed by atoms with E-state index in [1.54, 1.807) is 17.2 Å². The lowest BCUT2D eigenvalue weighted by molar-refractivity contribution is -0.159. The van der Waals surface area contributed by atoms with E-state index in [9.17, 15) is 18.0 Å². The number of halogens is 3. The van der Waals surface area contributed by atoms with E-state index >= 15 is 0 Å². The van der Waals surface area contributed by atoms with Crippen LogP contribution < -0.4 is 4.90 Å². The van der Waals surface area contributed by atoms with Gasteiger partial charge in [-0.3, -0.25) is 9.69 Å². The molecule has 3 heterocycles. The zero-order chi connectivity index (χ0) is 20.1. The Kier molecular flexibility index (Phi) is 4.20. The highest BCUT2D eigenvalue weighted by molar-refractivity contribution is 6.06. The van der Waals surface area contributed by atoms with Gasteiger partial charge in [-0.05, 0) is 32.4 Å². The van der Waals surface area contributed by atoms with Crippen molar-refractivity contribution in [1.29, 1.82) is 0 Å². The number of hydrogen-bond donors (Lipinski definition) is 0. The number of rotatable bonds is 2. The molecule has 28 heavy (non-hydrogen) atoms. The van der Waals surface area contributed by atoms with E-state index in [-0.39, 0.29) is 23.8 Å². The molecule has 0 fully saturated rings. The summed E-state index contributed by atoms with van der Waals surface area (Å²) in [5.74, 6) is -1.10. The van der Waals surface area contributed by atoms with Crippen molar-refractivity contribution in [3.05, 3.63) is 48.0 Å². The van der Waals surface area contributed by atoms with Crippen LogP contribution in [-0.2, 0) is 6.18 Å². The number of carbonyl (C=O) groups excluding carboxylic acids is 1. The Morgan fingerprint density at radius 2 is 1.86 bits per heavy atom. The summed E-state index contributed by atoms with van der Waals surface area (Å²) in [5.41, 5.74) is 0.721. The lowest BCUT2D eigenvalue weighted by atomic mass is 10.0. The van der Waals surface area contributed by atoms with E-state index in [4.69, 9.17) is 0 Å². The normalized spacial score (nSPS) is 19.5. The Labute approximate surface area is 157 Å². The highest BCUT2D eigenvalue weighted by atomic mass is 19.4. The van der Waals surface area contributed by atoms with Gasteiger partial charge < -0.3 is 4.52 Å². The van der Waals surface area contributed by atoms with Gasteiger partial charge in [0.15, 0.2) is 0 Å². The van der Waals surface area contributed by atoms with E-state index in [2.05, 4.69) is 19.8 Å². The number of nitrogens with zero attached hydrogens (tertiary/aromatic N) is 5. The highest BCUT2D eigenvalue weighted by Gasteiger charge is 2.38. The minimum Gasteiger partial charge on any atom is -0.329 e. The Morgan fingerprint density at radius 3 is 2.50 bits per heavy atom. The van der Waals surface area contributed by atoms with Crippen LogP contribution in [-0.4, -0.2) is 31.9 Å². The molecule has 7 nitrogen and oxygen atoms in total. The summed E-state index contributed by atoms with van der Waals surface area (Å²) in [6, 6.07) is 8.01. The third kappa shape index (κ3) is 3.04. The first kappa shape index (κ1) is 18.2. The third-order valence-electron chi connectivity index (χ3n) is 4.71. The van der Waals surface area contributed by atoms with Crippen LogP contribution in [0.5, 0.6) is 0 Å². The smallest absolute Gasteiger partial charge is 0.329 e. The molecular weight excluding hydrogens is 375 g/mol. The maximum atomic E-state index is 13.0. The second-order valence-corrected chi connectivity index (χ2v) is 6.74. The van der Waals surface area contributed by atoms with Crippen LogP contribution in [0.2, 0.25) is 0 Å². The number of aromatic nitrogens is 4. The molecule has 4 rings (SSSR count). The largest absolute Gasteiger partial charge is 0.471 e. The first-order valence-corrected chi connectivity index (χ1v) is 8.64. The fourth-order valence-electron chi connectivity index (χ4n) is 3.42. The predicted octanol–water partition coefficient (Wildman–Crippen LogP) is 3.95. The Balaban J connectivity index is 1.60. The van der Waals surface area contributed by atoms with Crippen LogP contribution in [0.3, 0.4) is 0 Å². The standard InChI is InChI=1S/C18H16F3N5O2/c1-10-9-11(2)26-14(7-8-22-26)25(10)16(27)13-5-3-12(4-6-13)15-23-17(28-24-15)18(19,20)21/h3-8,10-11H,9H2,1-2H3. The molecule has 0 aliphatic carbocycles. The molecule has 0 spiro atoms.